The number of ether oxygens (including phenoxy) is 2. The van der Waals surface area contributed by atoms with Crippen LogP contribution in [0.1, 0.15) is 23.6 Å². The smallest absolute Gasteiger partial charge is 0.140 e. The number of phenols is 2. The number of likely N-dealkylation sites (N-methyl/N-ethyl adjacent to an activating group) is 2. The molecule has 138 valence electrons. The van der Waals surface area contributed by atoms with E-state index in [0.29, 0.717) is 13.1 Å². The molecule has 0 aliphatic carbocycles. The summed E-state index contributed by atoms with van der Waals surface area (Å²) in [5.74, 6) is 0.472. The number of phenolic OH excluding ortho intramolecular Hbond substituents is 2. The van der Waals surface area contributed by atoms with Crippen molar-refractivity contribution in [3.05, 3.63) is 59.7 Å². The molecule has 26 heavy (non-hydrogen) atoms. The first-order chi connectivity index (χ1) is 12.5. The highest BCUT2D eigenvalue weighted by molar-refractivity contribution is 5.35. The van der Waals surface area contributed by atoms with E-state index in [1.165, 1.54) is 0 Å². The van der Waals surface area contributed by atoms with Crippen molar-refractivity contribution in [2.24, 2.45) is 0 Å². The van der Waals surface area contributed by atoms with Gasteiger partial charge in [-0.2, -0.15) is 0 Å². The first kappa shape index (κ1) is 17.3. The van der Waals surface area contributed by atoms with Crippen LogP contribution in [0.5, 0.6) is 11.5 Å². The topological polar surface area (TPSA) is 65.4 Å². The molecule has 6 heteroatoms. The highest BCUT2D eigenvalue weighted by Gasteiger charge is 2.43. The molecular weight excluding hydrogens is 332 g/mol. The predicted molar refractivity (Wildman–Crippen MR) is 96.7 cm³/mol. The molecule has 2 heterocycles. The van der Waals surface area contributed by atoms with Gasteiger partial charge in [-0.1, -0.05) is 36.4 Å². The van der Waals surface area contributed by atoms with E-state index in [2.05, 4.69) is 0 Å². The van der Waals surface area contributed by atoms with E-state index in [4.69, 9.17) is 9.47 Å². The van der Waals surface area contributed by atoms with E-state index in [9.17, 15) is 10.2 Å². The van der Waals surface area contributed by atoms with Crippen molar-refractivity contribution >= 4 is 0 Å². The molecule has 0 saturated carbocycles. The number of hydrogen-bond acceptors (Lipinski definition) is 6. The first-order valence-corrected chi connectivity index (χ1v) is 8.82. The summed E-state index contributed by atoms with van der Waals surface area (Å²) in [6.07, 6.45) is -0.835. The lowest BCUT2D eigenvalue weighted by Crippen LogP contribution is -2.58. The SMILES string of the molecule is CN1C[C@@H]2O[C@H](c3ccccc3O)N(C)C[C@@H]2O[C@@H]1c1ccccc1O. The van der Waals surface area contributed by atoms with Gasteiger partial charge in [0.25, 0.3) is 0 Å². The predicted octanol–water partition coefficient (Wildman–Crippen LogP) is 2.46. The van der Waals surface area contributed by atoms with Gasteiger partial charge >= 0.3 is 0 Å². The molecule has 0 amide bonds. The molecule has 2 N–H and O–H groups in total. The molecule has 2 saturated heterocycles. The van der Waals surface area contributed by atoms with Crippen molar-refractivity contribution < 1.29 is 19.7 Å². The van der Waals surface area contributed by atoms with Gasteiger partial charge in [0.15, 0.2) is 0 Å². The Kier molecular flexibility index (Phi) is 4.58. The maximum Gasteiger partial charge on any atom is 0.140 e. The Morgan fingerprint density at radius 2 is 1.12 bits per heavy atom. The number of rotatable bonds is 2. The average Bonchev–Trinajstić information content (AvgIpc) is 2.62. The Morgan fingerprint density at radius 3 is 1.50 bits per heavy atom. The normalized spacial score (nSPS) is 30.1. The third-order valence-corrected chi connectivity index (χ3v) is 5.16. The molecule has 0 bridgehead atoms. The van der Waals surface area contributed by atoms with E-state index < -0.39 is 0 Å². The highest BCUT2D eigenvalue weighted by atomic mass is 16.6. The second-order valence-corrected chi connectivity index (χ2v) is 7.05. The van der Waals surface area contributed by atoms with Crippen LogP contribution >= 0.6 is 0 Å². The average molecular weight is 356 g/mol. The summed E-state index contributed by atoms with van der Waals surface area (Å²) >= 11 is 0. The van der Waals surface area contributed by atoms with Gasteiger partial charge in [-0.25, -0.2) is 0 Å². The highest BCUT2D eigenvalue weighted by Crippen LogP contribution is 2.40. The Labute approximate surface area is 153 Å². The van der Waals surface area contributed by atoms with Gasteiger partial charge in [0.05, 0.1) is 0 Å². The summed E-state index contributed by atoms with van der Waals surface area (Å²) in [5, 5.41) is 20.3. The van der Waals surface area contributed by atoms with Gasteiger partial charge in [0.1, 0.15) is 36.2 Å². The van der Waals surface area contributed by atoms with Gasteiger partial charge in [-0.15, -0.1) is 0 Å². The van der Waals surface area contributed by atoms with E-state index in [1.54, 1.807) is 24.3 Å². The summed E-state index contributed by atoms with van der Waals surface area (Å²) in [6.45, 7) is 1.36. The van der Waals surface area contributed by atoms with Crippen LogP contribution in [0.3, 0.4) is 0 Å². The van der Waals surface area contributed by atoms with Crippen LogP contribution in [0.15, 0.2) is 48.5 Å². The summed E-state index contributed by atoms with van der Waals surface area (Å²) in [4.78, 5) is 4.09. The molecule has 2 aromatic rings. The Bertz CT molecular complexity index is 718. The fourth-order valence-electron chi connectivity index (χ4n) is 3.81. The summed E-state index contributed by atoms with van der Waals surface area (Å²) in [7, 11) is 3.92. The third kappa shape index (κ3) is 3.05. The van der Waals surface area contributed by atoms with Crippen LogP contribution in [0.4, 0.5) is 0 Å². The molecule has 0 spiro atoms. The third-order valence-electron chi connectivity index (χ3n) is 5.16. The quantitative estimate of drug-likeness (QED) is 0.862. The summed E-state index contributed by atoms with van der Waals surface area (Å²) < 4.78 is 12.6. The molecule has 0 radical (unpaired) electrons. The largest absolute Gasteiger partial charge is 0.508 e. The van der Waals surface area contributed by atoms with Gasteiger partial charge in [0.2, 0.25) is 0 Å². The summed E-state index contributed by atoms with van der Waals surface area (Å²) in [5.41, 5.74) is 1.53. The van der Waals surface area contributed by atoms with E-state index in [1.807, 2.05) is 48.2 Å². The number of hydrogen-bond donors (Lipinski definition) is 2. The molecule has 2 aliphatic rings. The second kappa shape index (κ2) is 6.89. The minimum atomic E-state index is -0.309. The van der Waals surface area contributed by atoms with Crippen LogP contribution in [-0.4, -0.2) is 59.4 Å². The molecule has 0 aromatic heterocycles. The Hall–Kier alpha value is -2.12. The maximum atomic E-state index is 10.2. The zero-order valence-electron chi connectivity index (χ0n) is 14.9. The van der Waals surface area contributed by atoms with Crippen molar-refractivity contribution in [1.29, 1.82) is 0 Å². The second-order valence-electron chi connectivity index (χ2n) is 7.05. The first-order valence-electron chi connectivity index (χ1n) is 8.82. The fourth-order valence-corrected chi connectivity index (χ4v) is 3.81. The molecule has 2 fully saturated rings. The van der Waals surface area contributed by atoms with Gasteiger partial charge in [0, 0.05) is 24.2 Å². The lowest BCUT2D eigenvalue weighted by atomic mass is 10.0. The number of aromatic hydroxyl groups is 2. The van der Waals surface area contributed by atoms with Crippen molar-refractivity contribution in [3.63, 3.8) is 0 Å². The molecule has 0 unspecified atom stereocenters. The zero-order valence-corrected chi connectivity index (χ0v) is 14.9. The number of benzene rings is 2. The lowest BCUT2D eigenvalue weighted by Gasteiger charge is -2.49. The molecule has 4 atom stereocenters. The van der Waals surface area contributed by atoms with Crippen molar-refractivity contribution in [3.8, 4) is 11.5 Å². The van der Waals surface area contributed by atoms with Crippen LogP contribution in [0.2, 0.25) is 0 Å². The van der Waals surface area contributed by atoms with E-state index >= 15 is 0 Å². The van der Waals surface area contributed by atoms with Crippen molar-refractivity contribution in [2.45, 2.75) is 24.7 Å². The number of para-hydroxylation sites is 2. The molecular formula is C20H24N2O4. The van der Waals surface area contributed by atoms with Crippen molar-refractivity contribution in [1.82, 2.24) is 9.80 Å². The molecule has 2 aliphatic heterocycles. The molecule has 6 nitrogen and oxygen atoms in total. The minimum Gasteiger partial charge on any atom is -0.508 e. The number of nitrogens with zero attached hydrogens (tertiary/aromatic N) is 2. The van der Waals surface area contributed by atoms with E-state index in [-0.39, 0.29) is 36.2 Å². The van der Waals surface area contributed by atoms with Gasteiger partial charge in [-0.05, 0) is 26.2 Å². The fraction of sp³-hybridized carbons (Fsp3) is 0.400. The van der Waals surface area contributed by atoms with Crippen LogP contribution in [-0.2, 0) is 9.47 Å². The monoisotopic (exact) mass is 356 g/mol. The van der Waals surface area contributed by atoms with Crippen LogP contribution < -0.4 is 0 Å². The zero-order chi connectivity index (χ0) is 18.3. The molecule has 4 rings (SSSR count). The lowest BCUT2D eigenvalue weighted by molar-refractivity contribution is -0.263. The standard InChI is InChI=1S/C20H24N2O4/c1-21-11-17-18(25-19(21)13-7-3-5-9-15(13)23)12-22(2)20(26-17)14-8-4-6-10-16(14)24/h3-10,17-20,23-24H,11-12H2,1-2H3/t17-,18-,19+,20+/m0/s1. The Balaban J connectivity index is 1.55. The number of fused-ring (bicyclic) bond motifs is 1. The maximum absolute atomic E-state index is 10.2. The molecule has 2 aromatic carbocycles. The van der Waals surface area contributed by atoms with Gasteiger partial charge in [-0.3, -0.25) is 9.80 Å². The van der Waals surface area contributed by atoms with E-state index in [0.717, 1.165) is 11.1 Å². The van der Waals surface area contributed by atoms with Crippen LogP contribution in [0.25, 0.3) is 0 Å². The van der Waals surface area contributed by atoms with Crippen molar-refractivity contribution in [2.75, 3.05) is 27.2 Å². The summed E-state index contributed by atoms with van der Waals surface area (Å²) in [6, 6.07) is 14.5. The van der Waals surface area contributed by atoms with Crippen LogP contribution in [0, 0.1) is 0 Å². The minimum absolute atomic E-state index is 0.108. The Morgan fingerprint density at radius 1 is 0.731 bits per heavy atom. The van der Waals surface area contributed by atoms with Gasteiger partial charge < -0.3 is 19.7 Å².